The fraction of sp³-hybridized carbons (Fsp3) is 0.577. The largest absolute Gasteiger partial charge is 0.368 e. The minimum Gasteiger partial charge on any atom is -0.368 e. The summed E-state index contributed by atoms with van der Waals surface area (Å²) in [5.74, 6) is 2.45. The summed E-state index contributed by atoms with van der Waals surface area (Å²) in [4.78, 5) is 31.2. The molecule has 1 atom stereocenters. The van der Waals surface area contributed by atoms with Gasteiger partial charge in [0.05, 0.1) is 23.0 Å². The molecule has 4 aliphatic rings. The molecule has 9 nitrogen and oxygen atoms in total. The smallest absolute Gasteiger partial charge is 0.226 e. The first-order chi connectivity index (χ1) is 17.1. The van der Waals surface area contributed by atoms with Crippen LogP contribution in [0, 0.1) is 23.2 Å². The molecule has 2 aromatic heterocycles. The van der Waals surface area contributed by atoms with Crippen LogP contribution in [0.15, 0.2) is 12.1 Å². The Balaban J connectivity index is 1.35. The third-order valence-electron chi connectivity index (χ3n) is 7.68. The number of amides is 1. The van der Waals surface area contributed by atoms with Crippen LogP contribution < -0.4 is 16.4 Å². The number of hydrogen-bond acceptors (Lipinski definition) is 8. The highest BCUT2D eigenvalue weighted by atomic mass is 16.2. The summed E-state index contributed by atoms with van der Waals surface area (Å²) in [6, 6.07) is 6.45. The first-order valence-electron chi connectivity index (χ1n) is 12.9. The zero-order valence-electron chi connectivity index (χ0n) is 20.0. The molecule has 4 fully saturated rings. The number of carbonyl (C=O) groups is 1. The van der Waals surface area contributed by atoms with Gasteiger partial charge in [-0.15, -0.1) is 0 Å². The molecule has 3 aliphatic carbocycles. The fourth-order valence-electron chi connectivity index (χ4n) is 5.37. The fourth-order valence-corrected chi connectivity index (χ4v) is 5.37. The van der Waals surface area contributed by atoms with Crippen LogP contribution in [-0.2, 0) is 11.2 Å². The maximum atomic E-state index is 12.9. The van der Waals surface area contributed by atoms with Crippen molar-refractivity contribution in [3.05, 3.63) is 29.1 Å². The molecule has 1 aliphatic heterocycles. The van der Waals surface area contributed by atoms with Crippen molar-refractivity contribution in [1.82, 2.24) is 19.9 Å². The summed E-state index contributed by atoms with van der Waals surface area (Å²) in [6.45, 7) is 2.63. The van der Waals surface area contributed by atoms with Crippen molar-refractivity contribution in [2.75, 3.05) is 36.8 Å². The highest BCUT2D eigenvalue weighted by Gasteiger charge is 2.45. The third-order valence-corrected chi connectivity index (χ3v) is 7.68. The van der Waals surface area contributed by atoms with E-state index in [-0.39, 0.29) is 17.9 Å². The molecule has 1 saturated heterocycles. The lowest BCUT2D eigenvalue weighted by Crippen LogP contribution is -2.57. The number of carbonyl (C=O) groups excluding carboxylic acids is 1. The van der Waals surface area contributed by atoms with E-state index in [4.69, 9.17) is 16.5 Å². The van der Waals surface area contributed by atoms with Gasteiger partial charge >= 0.3 is 0 Å². The van der Waals surface area contributed by atoms with Gasteiger partial charge in [0.1, 0.15) is 11.9 Å². The van der Waals surface area contributed by atoms with Gasteiger partial charge in [-0.2, -0.15) is 5.26 Å². The van der Waals surface area contributed by atoms with Crippen molar-refractivity contribution in [2.45, 2.75) is 56.9 Å². The second kappa shape index (κ2) is 8.76. The number of nitrogens with two attached hydrogens (primary N) is 2. The summed E-state index contributed by atoms with van der Waals surface area (Å²) in [5.41, 5.74) is 15.6. The molecule has 3 heterocycles. The van der Waals surface area contributed by atoms with Crippen molar-refractivity contribution in [2.24, 2.45) is 17.6 Å². The minimum absolute atomic E-state index is 0.207. The van der Waals surface area contributed by atoms with E-state index >= 15 is 0 Å². The molecule has 3 saturated carbocycles. The maximum Gasteiger partial charge on any atom is 0.226 e. The Bertz CT molecular complexity index is 1190. The van der Waals surface area contributed by atoms with E-state index in [1.54, 1.807) is 0 Å². The summed E-state index contributed by atoms with van der Waals surface area (Å²) >= 11 is 0. The normalized spacial score (nSPS) is 22.2. The molecule has 0 radical (unpaired) electrons. The van der Waals surface area contributed by atoms with Crippen LogP contribution in [0.1, 0.15) is 61.4 Å². The molecular weight excluding hydrogens is 440 g/mol. The number of hydrogen-bond donors (Lipinski definition) is 2. The van der Waals surface area contributed by atoms with Crippen LogP contribution in [-0.4, -0.2) is 58.0 Å². The van der Waals surface area contributed by atoms with E-state index in [9.17, 15) is 10.1 Å². The van der Waals surface area contributed by atoms with E-state index < -0.39 is 0 Å². The van der Waals surface area contributed by atoms with Gasteiger partial charge in [0.15, 0.2) is 0 Å². The van der Waals surface area contributed by atoms with Gasteiger partial charge in [-0.3, -0.25) is 4.79 Å². The van der Waals surface area contributed by atoms with Gasteiger partial charge in [0, 0.05) is 49.1 Å². The Morgan fingerprint density at radius 1 is 1.09 bits per heavy atom. The quantitative estimate of drug-likeness (QED) is 0.625. The molecule has 2 aromatic rings. The maximum absolute atomic E-state index is 12.9. The second-order valence-corrected chi connectivity index (χ2v) is 10.5. The number of piperazine rings is 1. The zero-order valence-corrected chi connectivity index (χ0v) is 20.0. The summed E-state index contributed by atoms with van der Waals surface area (Å²) in [6.07, 6.45) is 7.19. The van der Waals surface area contributed by atoms with Crippen LogP contribution in [0.2, 0.25) is 0 Å². The summed E-state index contributed by atoms with van der Waals surface area (Å²) in [5, 5.41) is 10.1. The minimum atomic E-state index is 0.207. The number of anilines is 2. The first kappa shape index (κ1) is 22.2. The van der Waals surface area contributed by atoms with E-state index in [1.807, 2.05) is 12.1 Å². The predicted octanol–water partition coefficient (Wildman–Crippen LogP) is 2.21. The standard InChI is InChI=1S/C26H32N8O/c27-8-7-19-12-21(31-26(29)30-19)20-11-18(13-28)24(32-23(20)16-3-4-16)33-9-10-34(25(35)17-5-6-17)22(14-33)15-1-2-15/h11-12,15-17,22H,1-10,14,27H2,(H2,29,30,31). The Kier molecular flexibility index (Phi) is 5.56. The number of nitrogens with zero attached hydrogens (tertiary/aromatic N) is 6. The lowest BCUT2D eigenvalue weighted by molar-refractivity contribution is -0.135. The predicted molar refractivity (Wildman–Crippen MR) is 132 cm³/mol. The van der Waals surface area contributed by atoms with Crippen molar-refractivity contribution in [1.29, 1.82) is 5.26 Å². The molecule has 4 N–H and O–H groups in total. The SMILES string of the molecule is N#Cc1cc(-c2cc(CCN)nc(N)n2)c(C2CC2)nc1N1CCN(C(=O)C2CC2)C(C2CC2)C1. The third kappa shape index (κ3) is 4.43. The van der Waals surface area contributed by atoms with E-state index in [0.29, 0.717) is 55.1 Å². The number of rotatable bonds is 7. The van der Waals surface area contributed by atoms with Crippen LogP contribution in [0.25, 0.3) is 11.3 Å². The van der Waals surface area contributed by atoms with Crippen LogP contribution in [0.5, 0.6) is 0 Å². The van der Waals surface area contributed by atoms with E-state index in [0.717, 1.165) is 55.0 Å². The number of pyridine rings is 1. The second-order valence-electron chi connectivity index (χ2n) is 10.5. The summed E-state index contributed by atoms with van der Waals surface area (Å²) < 4.78 is 0. The van der Waals surface area contributed by atoms with Crippen LogP contribution >= 0.6 is 0 Å². The van der Waals surface area contributed by atoms with Gasteiger partial charge in [-0.25, -0.2) is 15.0 Å². The average molecular weight is 473 g/mol. The Hall–Kier alpha value is -3.25. The highest BCUT2D eigenvalue weighted by molar-refractivity contribution is 5.82. The first-order valence-corrected chi connectivity index (χ1v) is 12.9. The molecule has 0 spiro atoms. The number of nitriles is 1. The van der Waals surface area contributed by atoms with Gasteiger partial charge in [-0.05, 0) is 63.1 Å². The molecule has 182 valence electrons. The Morgan fingerprint density at radius 3 is 2.54 bits per heavy atom. The molecule has 6 rings (SSSR count). The van der Waals surface area contributed by atoms with Gasteiger partial charge in [-0.1, -0.05) is 0 Å². The zero-order chi connectivity index (χ0) is 24.1. The van der Waals surface area contributed by atoms with Crippen molar-refractivity contribution >= 4 is 17.7 Å². The highest BCUT2D eigenvalue weighted by Crippen LogP contribution is 2.45. The topological polar surface area (TPSA) is 138 Å². The molecule has 0 aromatic carbocycles. The lowest BCUT2D eigenvalue weighted by atomic mass is 10.0. The Morgan fingerprint density at radius 2 is 1.89 bits per heavy atom. The summed E-state index contributed by atoms with van der Waals surface area (Å²) in [7, 11) is 0. The van der Waals surface area contributed by atoms with Gasteiger partial charge in [0.25, 0.3) is 0 Å². The van der Waals surface area contributed by atoms with Gasteiger partial charge < -0.3 is 21.3 Å². The van der Waals surface area contributed by atoms with E-state index in [1.165, 1.54) is 12.8 Å². The van der Waals surface area contributed by atoms with Crippen molar-refractivity contribution in [3.63, 3.8) is 0 Å². The lowest BCUT2D eigenvalue weighted by Gasteiger charge is -2.43. The molecule has 1 unspecified atom stereocenters. The van der Waals surface area contributed by atoms with E-state index in [2.05, 4.69) is 25.8 Å². The molecule has 1 amide bonds. The molecule has 0 bridgehead atoms. The van der Waals surface area contributed by atoms with Crippen molar-refractivity contribution < 1.29 is 4.79 Å². The average Bonchev–Trinajstić information content (AvgIpc) is 3.73. The van der Waals surface area contributed by atoms with Crippen molar-refractivity contribution in [3.8, 4) is 17.3 Å². The molecule has 9 heteroatoms. The number of aromatic nitrogens is 3. The van der Waals surface area contributed by atoms with Gasteiger partial charge in [0.2, 0.25) is 11.9 Å². The molecule has 35 heavy (non-hydrogen) atoms. The van der Waals surface area contributed by atoms with Crippen LogP contribution in [0.4, 0.5) is 11.8 Å². The monoisotopic (exact) mass is 472 g/mol. The molecular formula is C26H32N8O. The Labute approximate surface area is 205 Å². The van der Waals surface area contributed by atoms with Crippen LogP contribution in [0.3, 0.4) is 0 Å². The number of nitrogen functional groups attached to an aromatic ring is 1.